The lowest BCUT2D eigenvalue weighted by molar-refractivity contribution is 1.16. The first-order valence-electron chi connectivity index (χ1n) is 4.90. The van der Waals surface area contributed by atoms with E-state index in [1.54, 1.807) is 24.8 Å². The Kier molecular flexibility index (Phi) is 2.04. The lowest BCUT2D eigenvalue weighted by atomic mass is 10.1. The third-order valence-corrected chi connectivity index (χ3v) is 2.36. The van der Waals surface area contributed by atoms with Crippen LogP contribution in [0.25, 0.3) is 22.2 Å². The average Bonchev–Trinajstić information content (AvgIpc) is 2.39. The van der Waals surface area contributed by atoms with E-state index in [9.17, 15) is 0 Å². The van der Waals surface area contributed by atoms with Gasteiger partial charge in [-0.05, 0) is 18.2 Å². The number of pyridine rings is 2. The minimum absolute atomic E-state index is 0.867. The van der Waals surface area contributed by atoms with Crippen molar-refractivity contribution in [3.8, 4) is 11.3 Å². The van der Waals surface area contributed by atoms with Crippen LogP contribution >= 0.6 is 0 Å². The summed E-state index contributed by atoms with van der Waals surface area (Å²) in [6.45, 7) is 0. The van der Waals surface area contributed by atoms with E-state index in [0.29, 0.717) is 0 Å². The summed E-state index contributed by atoms with van der Waals surface area (Å²) >= 11 is 0. The second-order valence-corrected chi connectivity index (χ2v) is 3.36. The smallest absolute Gasteiger partial charge is 0.115 e. The second-order valence-electron chi connectivity index (χ2n) is 3.36. The molecular weight excluding hydrogens is 200 g/mol. The molecule has 3 aromatic heterocycles. The van der Waals surface area contributed by atoms with E-state index >= 15 is 0 Å². The van der Waals surface area contributed by atoms with Crippen molar-refractivity contribution in [1.82, 2.24) is 19.9 Å². The van der Waals surface area contributed by atoms with Crippen molar-refractivity contribution in [2.45, 2.75) is 0 Å². The van der Waals surface area contributed by atoms with Gasteiger partial charge in [0.25, 0.3) is 0 Å². The zero-order valence-corrected chi connectivity index (χ0v) is 8.41. The Bertz CT molecular complexity index is 617. The van der Waals surface area contributed by atoms with Crippen LogP contribution in [0, 0.1) is 0 Å². The molecule has 3 aromatic rings. The molecule has 0 aliphatic rings. The third-order valence-electron chi connectivity index (χ3n) is 2.36. The normalized spacial score (nSPS) is 10.5. The Balaban J connectivity index is 2.32. The van der Waals surface area contributed by atoms with Crippen LogP contribution in [0.1, 0.15) is 0 Å². The summed E-state index contributed by atoms with van der Waals surface area (Å²) in [5.41, 5.74) is 2.70. The van der Waals surface area contributed by atoms with Crippen LogP contribution in [-0.2, 0) is 0 Å². The molecule has 4 heteroatoms. The fraction of sp³-hybridized carbons (Fsp3) is 0. The Morgan fingerprint density at radius 2 is 1.75 bits per heavy atom. The molecule has 0 aliphatic carbocycles. The zero-order valence-electron chi connectivity index (χ0n) is 8.41. The van der Waals surface area contributed by atoms with Crippen LogP contribution in [0.2, 0.25) is 0 Å². The Morgan fingerprint density at radius 1 is 0.875 bits per heavy atom. The molecule has 3 rings (SSSR count). The first-order chi connectivity index (χ1) is 7.95. The van der Waals surface area contributed by atoms with Gasteiger partial charge in [0.1, 0.15) is 6.33 Å². The fourth-order valence-corrected chi connectivity index (χ4v) is 1.65. The molecule has 0 saturated carbocycles. The van der Waals surface area contributed by atoms with E-state index in [-0.39, 0.29) is 0 Å². The molecule has 3 heterocycles. The van der Waals surface area contributed by atoms with Gasteiger partial charge < -0.3 is 0 Å². The molecule has 0 aromatic carbocycles. The van der Waals surface area contributed by atoms with E-state index in [1.807, 2.05) is 18.2 Å². The van der Waals surface area contributed by atoms with Gasteiger partial charge in [-0.15, -0.1) is 0 Å². The lowest BCUT2D eigenvalue weighted by Crippen LogP contribution is -1.88. The molecule has 0 aliphatic heterocycles. The first kappa shape index (κ1) is 8.91. The monoisotopic (exact) mass is 208 g/mol. The third kappa shape index (κ3) is 1.40. The first-order valence-corrected chi connectivity index (χ1v) is 4.90. The van der Waals surface area contributed by atoms with Crippen molar-refractivity contribution in [3.05, 3.63) is 49.3 Å². The minimum Gasteiger partial charge on any atom is -0.256 e. The molecule has 0 amide bonds. The molecule has 76 valence electrons. The van der Waals surface area contributed by atoms with Crippen molar-refractivity contribution in [1.29, 1.82) is 0 Å². The van der Waals surface area contributed by atoms with Gasteiger partial charge in [-0.25, -0.2) is 9.97 Å². The van der Waals surface area contributed by atoms with E-state index in [2.05, 4.69) is 19.9 Å². The number of hydrogen-bond donors (Lipinski definition) is 0. The number of hydrogen-bond acceptors (Lipinski definition) is 4. The standard InChI is InChI=1S/C12H8N4/c1-2-10-11(15-4-1)3-5-16-12(10)9-6-13-8-14-7-9/h1-8H. The van der Waals surface area contributed by atoms with E-state index in [4.69, 9.17) is 0 Å². The quantitative estimate of drug-likeness (QED) is 0.614. The Morgan fingerprint density at radius 3 is 2.62 bits per heavy atom. The maximum Gasteiger partial charge on any atom is 0.115 e. The van der Waals surface area contributed by atoms with Gasteiger partial charge in [0.05, 0.1) is 11.2 Å². The summed E-state index contributed by atoms with van der Waals surface area (Å²) < 4.78 is 0. The highest BCUT2D eigenvalue weighted by Gasteiger charge is 2.05. The number of fused-ring (bicyclic) bond motifs is 1. The highest BCUT2D eigenvalue weighted by molar-refractivity contribution is 5.91. The molecule has 0 spiro atoms. The van der Waals surface area contributed by atoms with Crippen molar-refractivity contribution in [2.24, 2.45) is 0 Å². The van der Waals surface area contributed by atoms with Gasteiger partial charge in [-0.2, -0.15) is 0 Å². The zero-order chi connectivity index (χ0) is 10.8. The maximum absolute atomic E-state index is 4.36. The maximum atomic E-state index is 4.36. The molecule has 16 heavy (non-hydrogen) atoms. The van der Waals surface area contributed by atoms with E-state index in [1.165, 1.54) is 6.33 Å². The van der Waals surface area contributed by atoms with Crippen LogP contribution in [0.15, 0.2) is 49.3 Å². The molecule has 0 saturated heterocycles. The highest BCUT2D eigenvalue weighted by Crippen LogP contribution is 2.23. The van der Waals surface area contributed by atoms with Gasteiger partial charge in [-0.1, -0.05) is 0 Å². The van der Waals surface area contributed by atoms with Gasteiger partial charge in [0.2, 0.25) is 0 Å². The van der Waals surface area contributed by atoms with Crippen LogP contribution in [0.5, 0.6) is 0 Å². The van der Waals surface area contributed by atoms with Crippen LogP contribution < -0.4 is 0 Å². The second kappa shape index (κ2) is 3.66. The fourth-order valence-electron chi connectivity index (χ4n) is 1.65. The summed E-state index contributed by atoms with van der Waals surface area (Å²) in [6, 6.07) is 5.79. The molecule has 0 radical (unpaired) electrons. The predicted octanol–water partition coefficient (Wildman–Crippen LogP) is 2.09. The van der Waals surface area contributed by atoms with Crippen molar-refractivity contribution in [3.63, 3.8) is 0 Å². The summed E-state index contributed by atoms with van der Waals surface area (Å²) in [7, 11) is 0. The van der Waals surface area contributed by atoms with E-state index in [0.717, 1.165) is 22.2 Å². The van der Waals surface area contributed by atoms with Crippen molar-refractivity contribution < 1.29 is 0 Å². The van der Waals surface area contributed by atoms with Crippen LogP contribution in [0.4, 0.5) is 0 Å². The average molecular weight is 208 g/mol. The molecule has 0 atom stereocenters. The molecule has 0 bridgehead atoms. The molecule has 0 fully saturated rings. The summed E-state index contributed by atoms with van der Waals surface area (Å²) in [4.78, 5) is 16.6. The summed E-state index contributed by atoms with van der Waals surface area (Å²) in [5.74, 6) is 0. The Labute approximate surface area is 92.0 Å². The molecule has 0 unspecified atom stereocenters. The van der Waals surface area contributed by atoms with Gasteiger partial charge in [-0.3, -0.25) is 9.97 Å². The topological polar surface area (TPSA) is 51.6 Å². The highest BCUT2D eigenvalue weighted by atomic mass is 14.8. The molecule has 4 nitrogen and oxygen atoms in total. The Hall–Kier alpha value is -2.36. The van der Waals surface area contributed by atoms with Crippen molar-refractivity contribution in [2.75, 3.05) is 0 Å². The predicted molar refractivity (Wildman–Crippen MR) is 60.6 cm³/mol. The molecule has 0 N–H and O–H groups in total. The number of nitrogens with zero attached hydrogens (tertiary/aromatic N) is 4. The number of aromatic nitrogens is 4. The molecular formula is C12H8N4. The van der Waals surface area contributed by atoms with Crippen LogP contribution in [-0.4, -0.2) is 19.9 Å². The van der Waals surface area contributed by atoms with E-state index < -0.39 is 0 Å². The lowest BCUT2D eigenvalue weighted by Gasteiger charge is -2.03. The summed E-state index contributed by atoms with van der Waals surface area (Å²) in [6.07, 6.45) is 8.53. The van der Waals surface area contributed by atoms with Gasteiger partial charge >= 0.3 is 0 Å². The van der Waals surface area contributed by atoms with Gasteiger partial charge in [0.15, 0.2) is 0 Å². The SMILES string of the molecule is c1cnc2ccnc(-c3cncnc3)c2c1. The largest absolute Gasteiger partial charge is 0.256 e. The number of rotatable bonds is 1. The van der Waals surface area contributed by atoms with Crippen LogP contribution in [0.3, 0.4) is 0 Å². The van der Waals surface area contributed by atoms with Gasteiger partial charge in [0, 0.05) is 35.7 Å². The van der Waals surface area contributed by atoms with Crippen molar-refractivity contribution >= 4 is 10.9 Å². The summed E-state index contributed by atoms with van der Waals surface area (Å²) in [5, 5.41) is 1.01. The minimum atomic E-state index is 0.867.